The Balaban J connectivity index is 3.29. The van der Waals surface area contributed by atoms with Crippen LogP contribution in [-0.2, 0) is 18.9 Å². The SMILES string of the molecule is C[NH2+]Cc1cc(C(F)(F)F)cc(C(F)(F)F)c1. The molecule has 0 amide bonds. The summed E-state index contributed by atoms with van der Waals surface area (Å²) in [6.07, 6.45) is -9.55. The zero-order valence-corrected chi connectivity index (χ0v) is 8.78. The van der Waals surface area contributed by atoms with Crippen LogP contribution in [0.2, 0.25) is 0 Å². The molecular formula is C10H10F6N+. The Hall–Kier alpha value is -1.24. The van der Waals surface area contributed by atoms with E-state index in [1.807, 2.05) is 0 Å². The van der Waals surface area contributed by atoms with E-state index in [4.69, 9.17) is 0 Å². The molecule has 96 valence electrons. The third-order valence-corrected chi connectivity index (χ3v) is 2.09. The van der Waals surface area contributed by atoms with Crippen LogP contribution < -0.4 is 5.32 Å². The van der Waals surface area contributed by atoms with Crippen molar-refractivity contribution in [3.8, 4) is 0 Å². The van der Waals surface area contributed by atoms with Crippen molar-refractivity contribution in [2.45, 2.75) is 18.9 Å². The van der Waals surface area contributed by atoms with E-state index in [2.05, 4.69) is 0 Å². The monoisotopic (exact) mass is 258 g/mol. The first-order chi connectivity index (χ1) is 7.64. The highest BCUT2D eigenvalue weighted by Gasteiger charge is 2.36. The number of quaternary nitrogens is 1. The molecule has 0 atom stereocenters. The van der Waals surface area contributed by atoms with Gasteiger partial charge in [0.1, 0.15) is 6.54 Å². The van der Waals surface area contributed by atoms with Gasteiger partial charge in [-0.1, -0.05) is 0 Å². The van der Waals surface area contributed by atoms with Crippen molar-refractivity contribution in [1.82, 2.24) is 0 Å². The van der Waals surface area contributed by atoms with Gasteiger partial charge in [-0.15, -0.1) is 0 Å². The maximum Gasteiger partial charge on any atom is 0.416 e. The minimum atomic E-state index is -4.77. The van der Waals surface area contributed by atoms with Gasteiger partial charge in [0.25, 0.3) is 0 Å². The average Bonchev–Trinajstić information content (AvgIpc) is 2.15. The van der Waals surface area contributed by atoms with Crippen molar-refractivity contribution in [1.29, 1.82) is 0 Å². The molecule has 1 nitrogen and oxygen atoms in total. The summed E-state index contributed by atoms with van der Waals surface area (Å²) in [4.78, 5) is 0. The molecule has 0 aliphatic carbocycles. The quantitative estimate of drug-likeness (QED) is 0.784. The normalized spacial score (nSPS) is 12.9. The molecule has 0 unspecified atom stereocenters. The van der Waals surface area contributed by atoms with E-state index in [-0.39, 0.29) is 18.2 Å². The first-order valence-electron chi connectivity index (χ1n) is 4.71. The standard InChI is InChI=1S/C10H9F6N/c1-17-5-6-2-7(9(11,12)13)4-8(3-6)10(14,15)16/h2-4,17H,5H2,1H3/p+1. The van der Waals surface area contributed by atoms with Crippen molar-refractivity contribution in [3.63, 3.8) is 0 Å². The molecule has 2 N–H and O–H groups in total. The lowest BCUT2D eigenvalue weighted by molar-refractivity contribution is -0.643. The predicted octanol–water partition coefficient (Wildman–Crippen LogP) is 2.42. The molecule has 0 spiro atoms. The number of halogens is 6. The Morgan fingerprint density at radius 1 is 0.882 bits per heavy atom. The van der Waals surface area contributed by atoms with Gasteiger partial charge in [-0.3, -0.25) is 0 Å². The lowest BCUT2D eigenvalue weighted by Crippen LogP contribution is -2.77. The molecule has 1 rings (SSSR count). The van der Waals surface area contributed by atoms with Crippen LogP contribution in [0, 0.1) is 0 Å². The van der Waals surface area contributed by atoms with Gasteiger partial charge >= 0.3 is 12.4 Å². The molecular weight excluding hydrogens is 248 g/mol. The number of hydrogen-bond acceptors (Lipinski definition) is 0. The summed E-state index contributed by atoms with van der Waals surface area (Å²) in [7, 11) is 1.56. The zero-order valence-electron chi connectivity index (χ0n) is 8.78. The van der Waals surface area contributed by atoms with Gasteiger partial charge in [0.15, 0.2) is 0 Å². The number of rotatable bonds is 2. The van der Waals surface area contributed by atoms with Crippen LogP contribution in [0.5, 0.6) is 0 Å². The van der Waals surface area contributed by atoms with E-state index in [0.29, 0.717) is 0 Å². The van der Waals surface area contributed by atoms with E-state index in [1.165, 1.54) is 5.32 Å². The second-order valence-corrected chi connectivity index (χ2v) is 3.53. The molecule has 0 aliphatic rings. The minimum Gasteiger partial charge on any atom is -0.345 e. The van der Waals surface area contributed by atoms with Crippen LogP contribution in [0.3, 0.4) is 0 Å². The van der Waals surface area contributed by atoms with Crippen molar-refractivity contribution in [2.24, 2.45) is 0 Å². The van der Waals surface area contributed by atoms with Gasteiger partial charge in [0, 0.05) is 5.56 Å². The zero-order chi connectivity index (χ0) is 13.3. The van der Waals surface area contributed by atoms with Gasteiger partial charge < -0.3 is 5.32 Å². The molecule has 0 saturated carbocycles. The van der Waals surface area contributed by atoms with Gasteiger partial charge in [-0.05, 0) is 18.2 Å². The Kier molecular flexibility index (Phi) is 3.71. The maximum atomic E-state index is 12.4. The highest BCUT2D eigenvalue weighted by molar-refractivity contribution is 5.33. The molecule has 0 saturated heterocycles. The predicted molar refractivity (Wildman–Crippen MR) is 48.0 cm³/mol. The summed E-state index contributed by atoms with van der Waals surface area (Å²) in [6, 6.07) is 1.59. The van der Waals surface area contributed by atoms with E-state index < -0.39 is 23.5 Å². The first kappa shape index (κ1) is 13.8. The summed E-state index contributed by atoms with van der Waals surface area (Å²) < 4.78 is 74.4. The summed E-state index contributed by atoms with van der Waals surface area (Å²) in [6.45, 7) is 0.0625. The van der Waals surface area contributed by atoms with Crippen LogP contribution in [0.25, 0.3) is 0 Å². The molecule has 0 bridgehead atoms. The third-order valence-electron chi connectivity index (χ3n) is 2.09. The number of nitrogens with two attached hydrogens (primary N) is 1. The van der Waals surface area contributed by atoms with E-state index in [9.17, 15) is 26.3 Å². The Bertz CT molecular complexity index is 361. The molecule has 0 fully saturated rings. The van der Waals surface area contributed by atoms with Gasteiger partial charge in [0.05, 0.1) is 18.2 Å². The van der Waals surface area contributed by atoms with Gasteiger partial charge in [-0.25, -0.2) is 0 Å². The average molecular weight is 258 g/mol. The Morgan fingerprint density at radius 2 is 1.29 bits per heavy atom. The molecule has 0 aromatic heterocycles. The second kappa shape index (κ2) is 4.56. The highest BCUT2D eigenvalue weighted by atomic mass is 19.4. The van der Waals surface area contributed by atoms with E-state index in [1.54, 1.807) is 7.05 Å². The lowest BCUT2D eigenvalue weighted by atomic mass is 10.0. The molecule has 7 heteroatoms. The van der Waals surface area contributed by atoms with Crippen LogP contribution in [-0.4, -0.2) is 7.05 Å². The number of hydrogen-bond donors (Lipinski definition) is 1. The fraction of sp³-hybridized carbons (Fsp3) is 0.400. The van der Waals surface area contributed by atoms with Crippen molar-refractivity contribution >= 4 is 0 Å². The largest absolute Gasteiger partial charge is 0.416 e. The third kappa shape index (κ3) is 3.62. The first-order valence-corrected chi connectivity index (χ1v) is 4.71. The van der Waals surface area contributed by atoms with Crippen LogP contribution >= 0.6 is 0 Å². The molecule has 1 aromatic rings. The number of alkyl halides is 6. The van der Waals surface area contributed by atoms with Crippen LogP contribution in [0.4, 0.5) is 26.3 Å². The smallest absolute Gasteiger partial charge is 0.345 e. The summed E-state index contributed by atoms with van der Waals surface area (Å²) in [5.74, 6) is 0. The fourth-order valence-corrected chi connectivity index (χ4v) is 1.37. The molecule has 0 heterocycles. The van der Waals surface area contributed by atoms with Crippen molar-refractivity contribution in [2.75, 3.05) is 7.05 Å². The van der Waals surface area contributed by atoms with Gasteiger partial charge in [0.2, 0.25) is 0 Å². The second-order valence-electron chi connectivity index (χ2n) is 3.53. The molecule has 1 aromatic carbocycles. The van der Waals surface area contributed by atoms with Gasteiger partial charge in [-0.2, -0.15) is 26.3 Å². The topological polar surface area (TPSA) is 16.6 Å². The summed E-state index contributed by atoms with van der Waals surface area (Å²) >= 11 is 0. The molecule has 0 aliphatic heterocycles. The summed E-state index contributed by atoms with van der Waals surface area (Å²) in [5.41, 5.74) is -2.55. The van der Waals surface area contributed by atoms with E-state index in [0.717, 1.165) is 12.1 Å². The molecule has 17 heavy (non-hydrogen) atoms. The minimum absolute atomic E-state index is 0.00495. The van der Waals surface area contributed by atoms with E-state index >= 15 is 0 Å². The van der Waals surface area contributed by atoms with Crippen molar-refractivity contribution < 1.29 is 31.7 Å². The summed E-state index contributed by atoms with van der Waals surface area (Å²) in [5, 5.41) is 1.50. The molecule has 0 radical (unpaired) electrons. The highest BCUT2D eigenvalue weighted by Crippen LogP contribution is 2.36. The van der Waals surface area contributed by atoms with Crippen LogP contribution in [0.15, 0.2) is 18.2 Å². The Morgan fingerprint density at radius 3 is 1.59 bits per heavy atom. The lowest BCUT2D eigenvalue weighted by Gasteiger charge is -2.13. The number of benzene rings is 1. The maximum absolute atomic E-state index is 12.4. The fourth-order valence-electron chi connectivity index (χ4n) is 1.37. The van der Waals surface area contributed by atoms with Crippen LogP contribution in [0.1, 0.15) is 16.7 Å². The van der Waals surface area contributed by atoms with Crippen molar-refractivity contribution in [3.05, 3.63) is 34.9 Å². The Labute approximate surface area is 93.4 Å².